The zero-order chi connectivity index (χ0) is 16.5. The molecule has 1 saturated heterocycles. The van der Waals surface area contributed by atoms with Gasteiger partial charge in [0.15, 0.2) is 6.61 Å². The average molecular weight is 326 g/mol. The van der Waals surface area contributed by atoms with Gasteiger partial charge >= 0.3 is 0 Å². The molecule has 6 nitrogen and oxygen atoms in total. The van der Waals surface area contributed by atoms with E-state index in [2.05, 4.69) is 16.5 Å². The number of carbonyl (C=O) groups excluding carboxylic acids is 1. The normalized spacial score (nSPS) is 20.4. The van der Waals surface area contributed by atoms with Crippen molar-refractivity contribution in [3.8, 4) is 5.75 Å². The Hall–Kier alpha value is -2.37. The first kappa shape index (κ1) is 15.2. The molecule has 2 heterocycles. The van der Waals surface area contributed by atoms with E-state index in [1.54, 1.807) is 0 Å². The number of rotatable bonds is 5. The van der Waals surface area contributed by atoms with E-state index in [4.69, 9.17) is 4.74 Å². The van der Waals surface area contributed by atoms with Gasteiger partial charge in [0.2, 0.25) is 0 Å². The minimum Gasteiger partial charge on any atom is -0.484 e. The SMILES string of the molecule is Cc1ccccc1OCC(=O)N1CC[C@H](n2cc(C3CC3)nn2)C1. The zero-order valence-corrected chi connectivity index (χ0v) is 13.9. The van der Waals surface area contributed by atoms with E-state index in [0.29, 0.717) is 12.5 Å². The molecule has 2 fully saturated rings. The Balaban J connectivity index is 1.32. The lowest BCUT2D eigenvalue weighted by atomic mass is 10.2. The minimum absolute atomic E-state index is 0.0308. The Morgan fingerprint density at radius 3 is 2.92 bits per heavy atom. The van der Waals surface area contributed by atoms with Crippen LogP contribution in [0.1, 0.15) is 42.5 Å². The maximum Gasteiger partial charge on any atom is 0.260 e. The Bertz CT molecular complexity index is 738. The van der Waals surface area contributed by atoms with E-state index >= 15 is 0 Å². The molecule has 1 aliphatic heterocycles. The number of aromatic nitrogens is 3. The van der Waals surface area contributed by atoms with Crippen molar-refractivity contribution >= 4 is 5.91 Å². The van der Waals surface area contributed by atoms with Crippen LogP contribution < -0.4 is 4.74 Å². The van der Waals surface area contributed by atoms with E-state index in [-0.39, 0.29) is 18.6 Å². The van der Waals surface area contributed by atoms with Gasteiger partial charge in [0, 0.05) is 25.2 Å². The molecule has 126 valence electrons. The van der Waals surface area contributed by atoms with Crippen molar-refractivity contribution in [3.05, 3.63) is 41.7 Å². The standard InChI is InChI=1S/C18H22N4O2/c1-13-4-2-3-5-17(13)24-12-18(23)21-9-8-15(10-21)22-11-16(19-20-22)14-6-7-14/h2-5,11,14-15H,6-10,12H2,1H3/t15-/m0/s1. The van der Waals surface area contributed by atoms with Crippen LogP contribution in [0.2, 0.25) is 0 Å². The van der Waals surface area contributed by atoms with Crippen LogP contribution in [0.5, 0.6) is 5.75 Å². The monoisotopic (exact) mass is 326 g/mol. The van der Waals surface area contributed by atoms with Crippen LogP contribution in [0.4, 0.5) is 0 Å². The zero-order valence-electron chi connectivity index (χ0n) is 13.9. The summed E-state index contributed by atoms with van der Waals surface area (Å²) in [5.74, 6) is 1.41. The van der Waals surface area contributed by atoms with E-state index in [1.165, 1.54) is 12.8 Å². The molecule has 4 rings (SSSR count). The van der Waals surface area contributed by atoms with E-state index in [0.717, 1.165) is 30.0 Å². The molecule has 1 amide bonds. The van der Waals surface area contributed by atoms with Crippen molar-refractivity contribution in [2.75, 3.05) is 19.7 Å². The molecule has 0 unspecified atom stereocenters. The number of hydrogen-bond acceptors (Lipinski definition) is 4. The van der Waals surface area contributed by atoms with Crippen LogP contribution in [-0.4, -0.2) is 45.5 Å². The van der Waals surface area contributed by atoms with Gasteiger partial charge in [0.1, 0.15) is 5.75 Å². The molecule has 0 radical (unpaired) electrons. The van der Waals surface area contributed by atoms with Crippen molar-refractivity contribution in [1.29, 1.82) is 0 Å². The number of hydrogen-bond donors (Lipinski definition) is 0. The molecule has 0 N–H and O–H groups in total. The highest BCUT2D eigenvalue weighted by atomic mass is 16.5. The molecule has 1 saturated carbocycles. The van der Waals surface area contributed by atoms with Crippen molar-refractivity contribution in [2.24, 2.45) is 0 Å². The highest BCUT2D eigenvalue weighted by Crippen LogP contribution is 2.39. The third-order valence-corrected chi connectivity index (χ3v) is 4.86. The minimum atomic E-state index is 0.0308. The molecule has 6 heteroatoms. The van der Waals surface area contributed by atoms with Gasteiger partial charge in [-0.05, 0) is 37.8 Å². The third kappa shape index (κ3) is 3.13. The first-order chi connectivity index (χ1) is 11.7. The highest BCUT2D eigenvalue weighted by molar-refractivity contribution is 5.78. The van der Waals surface area contributed by atoms with Crippen LogP contribution >= 0.6 is 0 Å². The number of para-hydroxylation sites is 1. The molecular formula is C18H22N4O2. The molecule has 1 aromatic carbocycles. The van der Waals surface area contributed by atoms with Gasteiger partial charge in [-0.1, -0.05) is 23.4 Å². The smallest absolute Gasteiger partial charge is 0.260 e. The van der Waals surface area contributed by atoms with Crippen LogP contribution in [0.25, 0.3) is 0 Å². The maximum atomic E-state index is 12.4. The van der Waals surface area contributed by atoms with Crippen molar-refractivity contribution < 1.29 is 9.53 Å². The molecule has 24 heavy (non-hydrogen) atoms. The number of ether oxygens (including phenoxy) is 1. The van der Waals surface area contributed by atoms with Gasteiger partial charge in [0.25, 0.3) is 5.91 Å². The van der Waals surface area contributed by atoms with Gasteiger partial charge in [-0.25, -0.2) is 4.68 Å². The fraction of sp³-hybridized carbons (Fsp3) is 0.500. The summed E-state index contributed by atoms with van der Waals surface area (Å²) in [5.41, 5.74) is 2.14. The van der Waals surface area contributed by atoms with E-state index < -0.39 is 0 Å². The Morgan fingerprint density at radius 1 is 1.29 bits per heavy atom. The van der Waals surface area contributed by atoms with Crippen LogP contribution in [0, 0.1) is 6.92 Å². The molecule has 0 bridgehead atoms. The molecule has 2 aromatic rings. The molecule has 1 atom stereocenters. The fourth-order valence-corrected chi connectivity index (χ4v) is 3.17. The van der Waals surface area contributed by atoms with Crippen molar-refractivity contribution in [1.82, 2.24) is 19.9 Å². The van der Waals surface area contributed by atoms with Gasteiger partial charge in [0.05, 0.1) is 11.7 Å². The largest absolute Gasteiger partial charge is 0.484 e. The Labute approximate surface area is 141 Å². The second-order valence-corrected chi connectivity index (χ2v) is 6.73. The first-order valence-corrected chi connectivity index (χ1v) is 8.58. The average Bonchev–Trinajstić information content (AvgIpc) is 3.12. The summed E-state index contributed by atoms with van der Waals surface area (Å²) >= 11 is 0. The summed E-state index contributed by atoms with van der Waals surface area (Å²) in [4.78, 5) is 14.2. The van der Waals surface area contributed by atoms with Gasteiger partial charge < -0.3 is 9.64 Å². The highest BCUT2D eigenvalue weighted by Gasteiger charge is 2.31. The predicted molar refractivity (Wildman–Crippen MR) is 88.9 cm³/mol. The molecule has 1 aromatic heterocycles. The lowest BCUT2D eigenvalue weighted by Gasteiger charge is -2.17. The van der Waals surface area contributed by atoms with Gasteiger partial charge in [-0.15, -0.1) is 5.10 Å². The van der Waals surface area contributed by atoms with Gasteiger partial charge in [-0.3, -0.25) is 4.79 Å². The quantitative estimate of drug-likeness (QED) is 0.846. The number of likely N-dealkylation sites (tertiary alicyclic amines) is 1. The molecule has 2 aliphatic rings. The maximum absolute atomic E-state index is 12.4. The second-order valence-electron chi connectivity index (χ2n) is 6.73. The summed E-state index contributed by atoms with van der Waals surface area (Å²) in [6.07, 6.45) is 5.43. The van der Waals surface area contributed by atoms with Crippen LogP contribution in [-0.2, 0) is 4.79 Å². The lowest BCUT2D eigenvalue weighted by Crippen LogP contribution is -2.33. The van der Waals surface area contributed by atoms with Crippen LogP contribution in [0.15, 0.2) is 30.5 Å². The van der Waals surface area contributed by atoms with E-state index in [9.17, 15) is 4.79 Å². The Kier molecular flexibility index (Phi) is 3.96. The summed E-state index contributed by atoms with van der Waals surface area (Å²) in [5, 5.41) is 8.52. The summed E-state index contributed by atoms with van der Waals surface area (Å²) in [6, 6.07) is 7.98. The van der Waals surface area contributed by atoms with E-state index in [1.807, 2.05) is 40.8 Å². The molecule has 1 aliphatic carbocycles. The summed E-state index contributed by atoms with van der Waals surface area (Å²) in [6.45, 7) is 3.50. The number of aryl methyl sites for hydroxylation is 1. The molecule has 0 spiro atoms. The number of nitrogens with zero attached hydrogens (tertiary/aromatic N) is 4. The molecular weight excluding hydrogens is 304 g/mol. The van der Waals surface area contributed by atoms with Crippen molar-refractivity contribution in [3.63, 3.8) is 0 Å². The summed E-state index contributed by atoms with van der Waals surface area (Å²) < 4.78 is 7.60. The second kappa shape index (κ2) is 6.26. The number of benzene rings is 1. The van der Waals surface area contributed by atoms with Gasteiger partial charge in [-0.2, -0.15) is 0 Å². The number of carbonyl (C=O) groups is 1. The van der Waals surface area contributed by atoms with Crippen molar-refractivity contribution in [2.45, 2.75) is 38.1 Å². The predicted octanol–water partition coefficient (Wildman–Crippen LogP) is 2.32. The summed E-state index contributed by atoms with van der Waals surface area (Å²) in [7, 11) is 0. The fourth-order valence-electron chi connectivity index (χ4n) is 3.17. The third-order valence-electron chi connectivity index (χ3n) is 4.86. The van der Waals surface area contributed by atoms with Crippen LogP contribution in [0.3, 0.4) is 0 Å². The number of amides is 1. The topological polar surface area (TPSA) is 60.2 Å². The Morgan fingerprint density at radius 2 is 2.12 bits per heavy atom. The first-order valence-electron chi connectivity index (χ1n) is 8.58. The lowest BCUT2D eigenvalue weighted by molar-refractivity contribution is -0.132.